The summed E-state index contributed by atoms with van der Waals surface area (Å²) in [4.78, 5) is 2.95. The molecule has 0 spiro atoms. The molecule has 0 unspecified atom stereocenters. The molecule has 0 bridgehead atoms. The predicted molar refractivity (Wildman–Crippen MR) is 48.3 cm³/mol. The number of rotatable bonds is 1. The van der Waals surface area contributed by atoms with E-state index in [1.54, 1.807) is 12.3 Å². The Bertz CT molecular complexity index is 428. The summed E-state index contributed by atoms with van der Waals surface area (Å²) in [6.07, 6.45) is 3.44. The summed E-state index contributed by atoms with van der Waals surface area (Å²) in [5.74, 6) is -0.236. The Hall–Kier alpha value is -1.57. The first-order valence-corrected chi connectivity index (χ1v) is 3.70. The largest absolute Gasteiger partial charge is 0.361 e. The van der Waals surface area contributed by atoms with Gasteiger partial charge in [-0.05, 0) is 23.8 Å². The van der Waals surface area contributed by atoms with Gasteiger partial charge in [0.2, 0.25) is 0 Å². The van der Waals surface area contributed by atoms with E-state index in [1.165, 1.54) is 12.1 Å². The van der Waals surface area contributed by atoms with Gasteiger partial charge in [-0.25, -0.2) is 4.39 Å². The van der Waals surface area contributed by atoms with Gasteiger partial charge >= 0.3 is 0 Å². The van der Waals surface area contributed by atoms with Crippen molar-refractivity contribution in [1.29, 1.82) is 0 Å². The van der Waals surface area contributed by atoms with Crippen LogP contribution in [0.5, 0.6) is 0 Å². The highest BCUT2D eigenvalue weighted by Crippen LogP contribution is 2.19. The molecule has 1 heterocycles. The number of benzene rings is 1. The van der Waals surface area contributed by atoms with E-state index < -0.39 is 0 Å². The first-order valence-electron chi connectivity index (χ1n) is 3.70. The van der Waals surface area contributed by atoms with Crippen LogP contribution in [0.2, 0.25) is 0 Å². The van der Waals surface area contributed by atoms with Gasteiger partial charge in [0.1, 0.15) is 5.82 Å². The van der Waals surface area contributed by atoms with E-state index in [0.717, 1.165) is 16.5 Å². The molecular formula is C10H8FN. The third-order valence-electron chi connectivity index (χ3n) is 1.89. The third kappa shape index (κ3) is 0.925. The Morgan fingerprint density at radius 1 is 1.42 bits per heavy atom. The molecular weight excluding hydrogens is 153 g/mol. The minimum atomic E-state index is -0.236. The average molecular weight is 161 g/mol. The number of hydrogen-bond donors (Lipinski definition) is 1. The maximum absolute atomic E-state index is 12.9. The number of aromatic amines is 1. The smallest absolute Gasteiger partial charge is 0.125 e. The first-order chi connectivity index (χ1) is 5.81. The van der Waals surface area contributed by atoms with Crippen LogP contribution < -0.4 is 0 Å². The highest BCUT2D eigenvalue weighted by molar-refractivity contribution is 5.88. The summed E-state index contributed by atoms with van der Waals surface area (Å²) in [5.41, 5.74) is 1.64. The highest BCUT2D eigenvalue weighted by Gasteiger charge is 2.01. The van der Waals surface area contributed by atoms with Gasteiger partial charge in [0.25, 0.3) is 0 Å². The highest BCUT2D eigenvalue weighted by atomic mass is 19.1. The average Bonchev–Trinajstić information content (AvgIpc) is 2.50. The molecule has 1 aromatic carbocycles. The first kappa shape index (κ1) is 7.10. The van der Waals surface area contributed by atoms with Crippen molar-refractivity contribution >= 4 is 17.0 Å². The Kier molecular flexibility index (Phi) is 1.47. The van der Waals surface area contributed by atoms with Crippen molar-refractivity contribution in [2.45, 2.75) is 0 Å². The topological polar surface area (TPSA) is 15.8 Å². The van der Waals surface area contributed by atoms with Gasteiger partial charge in [-0.1, -0.05) is 12.7 Å². The molecule has 0 atom stereocenters. The van der Waals surface area contributed by atoms with E-state index in [0.29, 0.717) is 0 Å². The van der Waals surface area contributed by atoms with E-state index in [-0.39, 0.29) is 5.82 Å². The van der Waals surface area contributed by atoms with Crippen molar-refractivity contribution in [2.75, 3.05) is 0 Å². The zero-order valence-electron chi connectivity index (χ0n) is 6.47. The molecule has 2 rings (SSSR count). The second-order valence-corrected chi connectivity index (χ2v) is 2.64. The summed E-state index contributed by atoms with van der Waals surface area (Å²) in [5, 5.41) is 1.01. The molecule has 1 N–H and O–H groups in total. The van der Waals surface area contributed by atoms with Crippen molar-refractivity contribution in [1.82, 2.24) is 4.98 Å². The van der Waals surface area contributed by atoms with Crippen LogP contribution in [-0.4, -0.2) is 4.98 Å². The molecule has 1 aromatic heterocycles. The van der Waals surface area contributed by atoms with Gasteiger partial charge in [-0.2, -0.15) is 0 Å². The Morgan fingerprint density at radius 2 is 2.25 bits per heavy atom. The minimum absolute atomic E-state index is 0.236. The number of fused-ring (bicyclic) bond motifs is 1. The lowest BCUT2D eigenvalue weighted by Crippen LogP contribution is -1.78. The quantitative estimate of drug-likeness (QED) is 0.661. The van der Waals surface area contributed by atoms with Crippen LogP contribution in [0.25, 0.3) is 17.0 Å². The predicted octanol–water partition coefficient (Wildman–Crippen LogP) is 2.95. The Balaban J connectivity index is 2.88. The fourth-order valence-corrected chi connectivity index (χ4v) is 1.33. The van der Waals surface area contributed by atoms with Gasteiger partial charge in [0.05, 0.1) is 0 Å². The molecule has 0 fully saturated rings. The second kappa shape index (κ2) is 2.48. The molecule has 0 aliphatic heterocycles. The molecule has 0 saturated carbocycles. The maximum atomic E-state index is 12.9. The number of halogens is 1. The Labute approximate surface area is 69.5 Å². The normalized spacial score (nSPS) is 10.4. The minimum Gasteiger partial charge on any atom is -0.361 e. The van der Waals surface area contributed by atoms with Gasteiger partial charge in [-0.3, -0.25) is 0 Å². The van der Waals surface area contributed by atoms with Crippen LogP contribution >= 0.6 is 0 Å². The Morgan fingerprint density at radius 3 is 3.00 bits per heavy atom. The molecule has 0 saturated heterocycles. The molecule has 0 aliphatic rings. The molecule has 60 valence electrons. The molecule has 1 nitrogen and oxygen atoms in total. The van der Waals surface area contributed by atoms with Crippen LogP contribution in [0.15, 0.2) is 31.0 Å². The molecule has 0 radical (unpaired) electrons. The van der Waals surface area contributed by atoms with Crippen LogP contribution in [0.3, 0.4) is 0 Å². The molecule has 2 aromatic rings. The van der Waals surface area contributed by atoms with Crippen LogP contribution in [0, 0.1) is 5.82 Å². The number of H-pyrrole nitrogens is 1. The van der Waals surface area contributed by atoms with Gasteiger partial charge in [0.15, 0.2) is 0 Å². The standard InChI is InChI=1S/C10H8FN/c1-2-7-5-8(11)6-10-9(7)3-4-12-10/h2-6,12H,1H2. The lowest BCUT2D eigenvalue weighted by atomic mass is 10.1. The fourth-order valence-electron chi connectivity index (χ4n) is 1.33. The second-order valence-electron chi connectivity index (χ2n) is 2.64. The zero-order chi connectivity index (χ0) is 8.55. The maximum Gasteiger partial charge on any atom is 0.125 e. The summed E-state index contributed by atoms with van der Waals surface area (Å²) in [6, 6.07) is 4.86. The lowest BCUT2D eigenvalue weighted by Gasteiger charge is -1.96. The summed E-state index contributed by atoms with van der Waals surface area (Å²) >= 11 is 0. The van der Waals surface area contributed by atoms with E-state index in [4.69, 9.17) is 0 Å². The van der Waals surface area contributed by atoms with Gasteiger partial charge < -0.3 is 4.98 Å². The van der Waals surface area contributed by atoms with Crippen molar-refractivity contribution in [3.8, 4) is 0 Å². The van der Waals surface area contributed by atoms with Gasteiger partial charge in [0, 0.05) is 17.1 Å². The number of nitrogens with one attached hydrogen (secondary N) is 1. The van der Waals surface area contributed by atoms with E-state index >= 15 is 0 Å². The van der Waals surface area contributed by atoms with E-state index in [9.17, 15) is 4.39 Å². The van der Waals surface area contributed by atoms with Crippen LogP contribution in [-0.2, 0) is 0 Å². The van der Waals surface area contributed by atoms with Gasteiger partial charge in [-0.15, -0.1) is 0 Å². The number of aromatic nitrogens is 1. The summed E-state index contributed by atoms with van der Waals surface area (Å²) in [7, 11) is 0. The molecule has 0 aliphatic carbocycles. The lowest BCUT2D eigenvalue weighted by molar-refractivity contribution is 0.629. The molecule has 0 amide bonds. The van der Waals surface area contributed by atoms with E-state index in [2.05, 4.69) is 11.6 Å². The molecule has 2 heteroatoms. The van der Waals surface area contributed by atoms with Crippen molar-refractivity contribution < 1.29 is 4.39 Å². The fraction of sp³-hybridized carbons (Fsp3) is 0. The van der Waals surface area contributed by atoms with Crippen molar-refractivity contribution in [2.24, 2.45) is 0 Å². The SMILES string of the molecule is C=Cc1cc(F)cc2[nH]ccc12. The molecule has 12 heavy (non-hydrogen) atoms. The summed E-state index contributed by atoms with van der Waals surface area (Å²) < 4.78 is 12.9. The van der Waals surface area contributed by atoms with Crippen molar-refractivity contribution in [3.05, 3.63) is 42.4 Å². The van der Waals surface area contributed by atoms with Crippen LogP contribution in [0.4, 0.5) is 4.39 Å². The van der Waals surface area contributed by atoms with Crippen LogP contribution in [0.1, 0.15) is 5.56 Å². The van der Waals surface area contributed by atoms with Crippen molar-refractivity contribution in [3.63, 3.8) is 0 Å². The third-order valence-corrected chi connectivity index (χ3v) is 1.89. The van der Waals surface area contributed by atoms with E-state index in [1.807, 2.05) is 6.07 Å². The number of hydrogen-bond acceptors (Lipinski definition) is 0. The monoisotopic (exact) mass is 161 g/mol. The summed E-state index contributed by atoms with van der Waals surface area (Å²) in [6.45, 7) is 3.62. The zero-order valence-corrected chi connectivity index (χ0v) is 6.47.